The van der Waals surface area contributed by atoms with E-state index in [0.29, 0.717) is 5.69 Å². The third-order valence-electron chi connectivity index (χ3n) is 2.83. The van der Waals surface area contributed by atoms with Crippen molar-refractivity contribution in [2.75, 3.05) is 19.5 Å². The molecule has 4 nitrogen and oxygen atoms in total. The molecule has 0 spiro atoms. The Morgan fingerprint density at radius 3 is 2.14 bits per heavy atom. The second-order valence-electron chi connectivity index (χ2n) is 4.19. The van der Waals surface area contributed by atoms with E-state index in [4.69, 9.17) is 13.2 Å². The van der Waals surface area contributed by atoms with Crippen LogP contribution < -0.4 is 5.32 Å². The standard InChI is InChI=1S/C16H20NO3P/c1-19-21(18,20-2)16(13-14-9-5-3-6-10-14)17-15-11-7-4-8-12-15/h3-12,16-17H,13H2,1-2H3/i13D2,16D. The Labute approximate surface area is 129 Å². The molecule has 21 heavy (non-hydrogen) atoms. The molecule has 0 bridgehead atoms. The van der Waals surface area contributed by atoms with Gasteiger partial charge in [0.2, 0.25) is 0 Å². The fourth-order valence-electron chi connectivity index (χ4n) is 1.74. The van der Waals surface area contributed by atoms with Gasteiger partial charge in [-0.2, -0.15) is 0 Å². The average Bonchev–Trinajstić information content (AvgIpc) is 2.62. The second-order valence-corrected chi connectivity index (χ2v) is 6.37. The molecule has 5 heteroatoms. The first-order chi connectivity index (χ1) is 11.3. The number of hydrogen-bond acceptors (Lipinski definition) is 4. The third kappa shape index (κ3) is 4.18. The summed E-state index contributed by atoms with van der Waals surface area (Å²) >= 11 is 0. The maximum absolute atomic E-state index is 13.1. The van der Waals surface area contributed by atoms with E-state index in [0.717, 1.165) is 14.2 Å². The molecule has 0 aromatic heterocycles. The Bertz CT molecular complexity index is 707. The minimum Gasteiger partial charge on any atom is -0.371 e. The van der Waals surface area contributed by atoms with E-state index in [1.54, 1.807) is 48.5 Å². The van der Waals surface area contributed by atoms with Crippen LogP contribution in [0, 0.1) is 0 Å². The lowest BCUT2D eigenvalue weighted by Crippen LogP contribution is -2.24. The van der Waals surface area contributed by atoms with Crippen molar-refractivity contribution in [2.45, 2.75) is 12.1 Å². The molecule has 1 unspecified atom stereocenters. The van der Waals surface area contributed by atoms with Crippen molar-refractivity contribution in [2.24, 2.45) is 0 Å². The largest absolute Gasteiger partial charge is 0.371 e. The average molecular weight is 308 g/mol. The van der Waals surface area contributed by atoms with E-state index in [2.05, 4.69) is 5.32 Å². The van der Waals surface area contributed by atoms with Crippen molar-refractivity contribution >= 4 is 13.3 Å². The van der Waals surface area contributed by atoms with Crippen LogP contribution in [-0.4, -0.2) is 20.0 Å². The molecule has 112 valence electrons. The number of benzene rings is 2. The zero-order valence-corrected chi connectivity index (χ0v) is 12.8. The monoisotopic (exact) mass is 308 g/mol. The molecule has 0 amide bonds. The Morgan fingerprint density at radius 1 is 1.10 bits per heavy atom. The number of hydrogen-bond donors (Lipinski definition) is 1. The molecule has 0 aliphatic heterocycles. The summed E-state index contributed by atoms with van der Waals surface area (Å²) in [6, 6.07) is 16.7. The lowest BCUT2D eigenvalue weighted by atomic mass is 10.1. The molecule has 0 saturated heterocycles. The summed E-state index contributed by atoms with van der Waals surface area (Å²) in [7, 11) is -1.89. The van der Waals surface area contributed by atoms with Crippen molar-refractivity contribution in [1.82, 2.24) is 0 Å². The van der Waals surface area contributed by atoms with E-state index in [1.165, 1.54) is 12.1 Å². The molecule has 1 atom stereocenters. The predicted octanol–water partition coefficient (Wildman–Crippen LogP) is 4.15. The molecule has 2 aromatic carbocycles. The summed E-state index contributed by atoms with van der Waals surface area (Å²) in [6.45, 7) is 0. The topological polar surface area (TPSA) is 47.6 Å². The van der Waals surface area contributed by atoms with Gasteiger partial charge in [-0.15, -0.1) is 0 Å². The van der Waals surface area contributed by atoms with Crippen LogP contribution >= 0.6 is 7.60 Å². The second kappa shape index (κ2) is 7.41. The molecule has 0 radical (unpaired) electrons. The van der Waals surface area contributed by atoms with Gasteiger partial charge in [-0.3, -0.25) is 4.57 Å². The van der Waals surface area contributed by atoms with E-state index in [9.17, 15) is 4.57 Å². The molecule has 2 aromatic rings. The number of rotatable bonds is 7. The Morgan fingerprint density at radius 2 is 1.62 bits per heavy atom. The first kappa shape index (κ1) is 12.0. The summed E-state index contributed by atoms with van der Waals surface area (Å²) in [6.07, 6.45) is -2.37. The van der Waals surface area contributed by atoms with E-state index in [1.807, 2.05) is 0 Å². The van der Waals surface area contributed by atoms with Gasteiger partial charge in [0.15, 0.2) is 0 Å². The molecular formula is C16H20NO3P. The lowest BCUT2D eigenvalue weighted by molar-refractivity contribution is 0.268. The van der Waals surface area contributed by atoms with Crippen molar-refractivity contribution in [3.63, 3.8) is 0 Å². The van der Waals surface area contributed by atoms with E-state index < -0.39 is 19.7 Å². The fraction of sp³-hybridized carbons (Fsp3) is 0.250. The maximum atomic E-state index is 13.1. The van der Waals surface area contributed by atoms with Crippen LogP contribution in [-0.2, 0) is 20.0 Å². The summed E-state index contributed by atoms with van der Waals surface area (Å²) in [5.74, 6) is -2.40. The van der Waals surface area contributed by atoms with Crippen molar-refractivity contribution < 1.29 is 17.7 Å². The number of para-hydroxylation sites is 1. The number of nitrogens with one attached hydrogen (secondary N) is 1. The fourth-order valence-corrected chi connectivity index (χ4v) is 2.79. The zero-order chi connectivity index (χ0) is 17.8. The minimum atomic E-state index is -4.18. The first-order valence-corrected chi connectivity index (χ1v) is 7.95. The molecule has 0 fully saturated rings. The molecule has 0 aliphatic carbocycles. The normalized spacial score (nSPS) is 17.1. The number of anilines is 1. The lowest BCUT2D eigenvalue weighted by Gasteiger charge is -2.26. The van der Waals surface area contributed by atoms with Gasteiger partial charge in [-0.05, 0) is 17.7 Å². The SMILES string of the molecule is [2H]C([2H])(c1ccccc1)C([2H])(Nc1ccccc1)P(=O)(OC)OC. The van der Waals surface area contributed by atoms with Crippen molar-refractivity contribution in [3.8, 4) is 0 Å². The maximum Gasteiger partial charge on any atom is 0.352 e. The molecule has 0 saturated carbocycles. The van der Waals surface area contributed by atoms with Gasteiger partial charge in [-0.1, -0.05) is 48.5 Å². The highest BCUT2D eigenvalue weighted by atomic mass is 31.2. The van der Waals surface area contributed by atoms with Crippen LogP contribution in [0.5, 0.6) is 0 Å². The summed E-state index contributed by atoms with van der Waals surface area (Å²) < 4.78 is 48.8. The highest BCUT2D eigenvalue weighted by molar-refractivity contribution is 7.54. The zero-order valence-electron chi connectivity index (χ0n) is 14.9. The summed E-state index contributed by atoms with van der Waals surface area (Å²) in [5.41, 5.74) is 0.624. The van der Waals surface area contributed by atoms with Gasteiger partial charge in [0.05, 0.1) is 1.37 Å². The third-order valence-corrected chi connectivity index (χ3v) is 4.56. The molecule has 0 heterocycles. The van der Waals surface area contributed by atoms with Gasteiger partial charge >= 0.3 is 7.60 Å². The summed E-state index contributed by atoms with van der Waals surface area (Å²) in [4.78, 5) is 0. The minimum absolute atomic E-state index is 0.192. The quantitative estimate of drug-likeness (QED) is 0.780. The molecule has 2 rings (SSSR count). The Hall–Kier alpha value is -1.61. The highest BCUT2D eigenvalue weighted by Crippen LogP contribution is 2.52. The van der Waals surface area contributed by atoms with E-state index in [-0.39, 0.29) is 5.56 Å². The van der Waals surface area contributed by atoms with Gasteiger partial charge in [0.25, 0.3) is 0 Å². The van der Waals surface area contributed by atoms with Crippen LogP contribution in [0.3, 0.4) is 0 Å². The Kier molecular flexibility index (Phi) is 4.23. The van der Waals surface area contributed by atoms with Crippen LogP contribution in [0.2, 0.25) is 0 Å². The van der Waals surface area contributed by atoms with Crippen molar-refractivity contribution in [1.29, 1.82) is 0 Å². The van der Waals surface area contributed by atoms with Gasteiger partial charge in [0.1, 0.15) is 5.76 Å². The van der Waals surface area contributed by atoms with Crippen molar-refractivity contribution in [3.05, 3.63) is 66.2 Å². The predicted molar refractivity (Wildman–Crippen MR) is 85.6 cm³/mol. The first-order valence-electron chi connectivity index (χ1n) is 7.91. The van der Waals surface area contributed by atoms with Gasteiger partial charge in [-0.25, -0.2) is 0 Å². The molecule has 1 N–H and O–H groups in total. The van der Waals surface area contributed by atoms with E-state index >= 15 is 0 Å². The molecule has 0 aliphatic rings. The van der Waals surface area contributed by atoms with Crippen LogP contribution in [0.15, 0.2) is 60.7 Å². The van der Waals surface area contributed by atoms with Crippen LogP contribution in [0.4, 0.5) is 5.69 Å². The van der Waals surface area contributed by atoms with Gasteiger partial charge < -0.3 is 14.4 Å². The van der Waals surface area contributed by atoms with Crippen LogP contribution in [0.1, 0.15) is 9.68 Å². The smallest absolute Gasteiger partial charge is 0.352 e. The molecular weight excluding hydrogens is 285 g/mol. The highest BCUT2D eigenvalue weighted by Gasteiger charge is 2.34. The Balaban J connectivity index is 2.60. The van der Waals surface area contributed by atoms with Crippen LogP contribution in [0.25, 0.3) is 0 Å². The summed E-state index contributed by atoms with van der Waals surface area (Å²) in [5, 5.41) is 2.72. The van der Waals surface area contributed by atoms with Gasteiger partial charge in [0, 0.05) is 29.0 Å².